The summed E-state index contributed by atoms with van der Waals surface area (Å²) in [4.78, 5) is 11.1. The predicted octanol–water partition coefficient (Wildman–Crippen LogP) is 1.53. The van der Waals surface area contributed by atoms with Crippen LogP contribution in [0.3, 0.4) is 0 Å². The molecule has 91 valence electrons. The van der Waals surface area contributed by atoms with Crippen molar-refractivity contribution in [3.8, 4) is 0 Å². The number of carbonyl (C=O) groups excluding carboxylic acids is 1. The molecule has 0 amide bonds. The van der Waals surface area contributed by atoms with Gasteiger partial charge in [0.25, 0.3) is 10.1 Å². The number of hydrogen-bond acceptors (Lipinski definition) is 5. The maximum Gasteiger partial charge on any atom is 0.339 e. The number of hydrogen-bond donors (Lipinski definition) is 0. The van der Waals surface area contributed by atoms with Crippen molar-refractivity contribution in [1.82, 2.24) is 0 Å². The number of carbonyl (C=O) groups is 1. The molecular formula is C11H11O5S. The maximum absolute atomic E-state index is 11.7. The van der Waals surface area contributed by atoms with Crippen LogP contribution < -0.4 is 0 Å². The molecule has 1 radical (unpaired) electrons. The van der Waals surface area contributed by atoms with Gasteiger partial charge in [-0.1, -0.05) is 18.2 Å². The number of benzene rings is 1. The van der Waals surface area contributed by atoms with Crippen LogP contribution in [0.5, 0.6) is 0 Å². The highest BCUT2D eigenvalue weighted by molar-refractivity contribution is 7.87. The topological polar surface area (TPSA) is 69.7 Å². The molecular weight excluding hydrogens is 244 g/mol. The second kappa shape index (κ2) is 5.60. The molecule has 17 heavy (non-hydrogen) atoms. The molecule has 0 aliphatic rings. The Labute approximate surface area is 99.8 Å². The fourth-order valence-electron chi connectivity index (χ4n) is 1.13. The van der Waals surface area contributed by atoms with Gasteiger partial charge in [0.2, 0.25) is 0 Å². The fourth-order valence-corrected chi connectivity index (χ4v) is 2.12. The van der Waals surface area contributed by atoms with Crippen LogP contribution in [0.25, 0.3) is 0 Å². The molecule has 0 unspecified atom stereocenters. The van der Waals surface area contributed by atoms with Crippen molar-refractivity contribution >= 4 is 16.1 Å². The molecule has 1 aromatic rings. The summed E-state index contributed by atoms with van der Waals surface area (Å²) in [6, 6.07) is 5.62. The summed E-state index contributed by atoms with van der Waals surface area (Å²) < 4.78 is 32.5. The van der Waals surface area contributed by atoms with Gasteiger partial charge in [-0.05, 0) is 12.1 Å². The summed E-state index contributed by atoms with van der Waals surface area (Å²) in [7, 11) is -2.87. The van der Waals surface area contributed by atoms with Crippen LogP contribution >= 0.6 is 0 Å². The van der Waals surface area contributed by atoms with E-state index >= 15 is 0 Å². The summed E-state index contributed by atoms with van der Waals surface area (Å²) in [5.74, 6) is -0.744. The van der Waals surface area contributed by atoms with Crippen LogP contribution in [0.15, 0.2) is 41.8 Å². The lowest BCUT2D eigenvalue weighted by atomic mass is 10.2. The lowest BCUT2D eigenvalue weighted by Gasteiger charge is -2.07. The summed E-state index contributed by atoms with van der Waals surface area (Å²) in [6.45, 7) is 4.21. The molecule has 1 aromatic carbocycles. The van der Waals surface area contributed by atoms with Gasteiger partial charge < -0.3 is 4.74 Å². The minimum absolute atomic E-state index is 0.0764. The van der Waals surface area contributed by atoms with Crippen LogP contribution in [-0.2, 0) is 19.0 Å². The maximum atomic E-state index is 11.7. The van der Waals surface area contributed by atoms with E-state index in [-0.39, 0.29) is 10.5 Å². The van der Waals surface area contributed by atoms with Crippen molar-refractivity contribution < 1.29 is 22.1 Å². The van der Waals surface area contributed by atoms with Crippen molar-refractivity contribution in [3.05, 3.63) is 49.1 Å². The third-order valence-electron chi connectivity index (χ3n) is 1.84. The van der Waals surface area contributed by atoms with E-state index in [0.29, 0.717) is 0 Å². The quantitative estimate of drug-likeness (QED) is 0.589. The standard InChI is InChI=1S/C11H11O5S/c1-3-8-16-17(13,14)10-7-5-4-6-9(10)11(12)15-2/h3-8H,1H2,2H3. The second-order valence-corrected chi connectivity index (χ2v) is 4.45. The lowest BCUT2D eigenvalue weighted by molar-refractivity contribution is 0.0596. The number of rotatable bonds is 5. The third kappa shape index (κ3) is 3.15. The Morgan fingerprint density at radius 1 is 1.35 bits per heavy atom. The molecule has 0 atom stereocenters. The van der Waals surface area contributed by atoms with E-state index in [2.05, 4.69) is 15.5 Å². The molecule has 0 spiro atoms. The molecule has 0 saturated heterocycles. The average Bonchev–Trinajstić information content (AvgIpc) is 2.35. The highest BCUT2D eigenvalue weighted by Gasteiger charge is 2.23. The molecule has 0 aliphatic carbocycles. The van der Waals surface area contributed by atoms with Crippen LogP contribution in [0, 0.1) is 6.61 Å². The minimum atomic E-state index is -4.04. The number of methoxy groups -OCH3 is 1. The molecule has 0 bridgehead atoms. The van der Waals surface area contributed by atoms with Crippen molar-refractivity contribution in [2.45, 2.75) is 4.90 Å². The Morgan fingerprint density at radius 2 is 2.00 bits per heavy atom. The monoisotopic (exact) mass is 255 g/mol. The molecule has 0 aliphatic heterocycles. The molecule has 1 rings (SSSR count). The third-order valence-corrected chi connectivity index (χ3v) is 3.10. The van der Waals surface area contributed by atoms with E-state index in [1.54, 1.807) is 0 Å². The van der Waals surface area contributed by atoms with E-state index in [1.807, 2.05) is 0 Å². The van der Waals surface area contributed by atoms with E-state index in [4.69, 9.17) is 0 Å². The Balaban J connectivity index is 3.22. The first-order chi connectivity index (χ1) is 8.03. The zero-order valence-electron chi connectivity index (χ0n) is 9.12. The Kier molecular flexibility index (Phi) is 4.42. The summed E-state index contributed by atoms with van der Waals surface area (Å²) in [6.07, 6.45) is 1.18. The first-order valence-corrected chi connectivity index (χ1v) is 5.98. The van der Waals surface area contributed by atoms with Crippen LogP contribution in [-0.4, -0.2) is 21.5 Å². The summed E-state index contributed by atoms with van der Waals surface area (Å²) >= 11 is 0. The highest BCUT2D eigenvalue weighted by Crippen LogP contribution is 2.19. The average molecular weight is 255 g/mol. The summed E-state index contributed by atoms with van der Waals surface area (Å²) in [5.41, 5.74) is -0.0764. The van der Waals surface area contributed by atoms with Crippen LogP contribution in [0.1, 0.15) is 10.4 Å². The van der Waals surface area contributed by atoms with E-state index in [9.17, 15) is 13.2 Å². The largest absolute Gasteiger partial charge is 0.465 e. The van der Waals surface area contributed by atoms with Gasteiger partial charge in [-0.15, -0.1) is 6.58 Å². The molecule has 0 fully saturated rings. The van der Waals surface area contributed by atoms with Crippen molar-refractivity contribution in [2.24, 2.45) is 0 Å². The van der Waals surface area contributed by atoms with Crippen LogP contribution in [0.2, 0.25) is 0 Å². The van der Waals surface area contributed by atoms with E-state index < -0.39 is 16.1 Å². The molecule has 0 N–H and O–H groups in total. The minimum Gasteiger partial charge on any atom is -0.465 e. The molecule has 6 heteroatoms. The highest BCUT2D eigenvalue weighted by atomic mass is 32.2. The van der Waals surface area contributed by atoms with Crippen molar-refractivity contribution in [2.75, 3.05) is 7.11 Å². The Morgan fingerprint density at radius 3 is 2.59 bits per heavy atom. The predicted molar refractivity (Wildman–Crippen MR) is 60.5 cm³/mol. The van der Waals surface area contributed by atoms with Gasteiger partial charge in [-0.25, -0.2) is 4.79 Å². The van der Waals surface area contributed by atoms with Crippen molar-refractivity contribution in [1.29, 1.82) is 0 Å². The van der Waals surface area contributed by atoms with Crippen molar-refractivity contribution in [3.63, 3.8) is 0 Å². The first kappa shape index (κ1) is 13.4. The molecule has 0 saturated carbocycles. The van der Waals surface area contributed by atoms with Gasteiger partial charge in [0.1, 0.15) is 11.5 Å². The van der Waals surface area contributed by atoms with Crippen LogP contribution in [0.4, 0.5) is 0 Å². The SMILES string of the molecule is C=C[CH]OS(=O)(=O)c1ccccc1C(=O)OC. The lowest BCUT2D eigenvalue weighted by Crippen LogP contribution is -2.12. The summed E-state index contributed by atoms with van der Waals surface area (Å²) in [5, 5.41) is 0. The second-order valence-electron chi connectivity index (χ2n) is 2.91. The molecule has 5 nitrogen and oxygen atoms in total. The normalized spacial score (nSPS) is 10.9. The van der Waals surface area contributed by atoms with Gasteiger partial charge in [0.15, 0.2) is 0 Å². The Bertz CT molecular complexity index is 518. The fraction of sp³-hybridized carbons (Fsp3) is 0.0909. The molecule has 0 aromatic heterocycles. The smallest absolute Gasteiger partial charge is 0.339 e. The van der Waals surface area contributed by atoms with Gasteiger partial charge >= 0.3 is 5.97 Å². The van der Waals surface area contributed by atoms with Gasteiger partial charge in [-0.3, -0.25) is 4.18 Å². The Hall–Kier alpha value is -1.66. The number of esters is 1. The zero-order valence-corrected chi connectivity index (χ0v) is 9.94. The number of ether oxygens (including phenoxy) is 1. The van der Waals surface area contributed by atoms with E-state index in [0.717, 1.165) is 6.61 Å². The van der Waals surface area contributed by atoms with E-state index in [1.165, 1.54) is 37.5 Å². The molecule has 0 heterocycles. The first-order valence-electron chi connectivity index (χ1n) is 4.58. The van der Waals surface area contributed by atoms with Gasteiger partial charge in [0.05, 0.1) is 12.7 Å². The zero-order chi connectivity index (χ0) is 12.9. The van der Waals surface area contributed by atoms with Gasteiger partial charge in [0, 0.05) is 0 Å². The van der Waals surface area contributed by atoms with Gasteiger partial charge in [-0.2, -0.15) is 8.42 Å².